The van der Waals surface area contributed by atoms with Gasteiger partial charge in [0.1, 0.15) is 0 Å². The van der Waals surface area contributed by atoms with Gasteiger partial charge in [0.25, 0.3) is 0 Å². The van der Waals surface area contributed by atoms with Gasteiger partial charge in [-0.3, -0.25) is 4.79 Å². The first kappa shape index (κ1) is 13.6. The second kappa shape index (κ2) is 6.28. The topological polar surface area (TPSA) is 41.1 Å². The molecule has 1 rings (SSSR count). The maximum atomic E-state index is 11.1. The van der Waals surface area contributed by atoms with Crippen LogP contribution in [-0.4, -0.2) is 19.5 Å². The molecule has 0 spiro atoms. The zero-order valence-electron chi connectivity index (χ0n) is 11.2. The molecule has 1 aromatic rings. The average molecular weight is 234 g/mol. The molecule has 0 aromatic heterocycles. The van der Waals surface area contributed by atoms with Crippen LogP contribution in [0.3, 0.4) is 0 Å². The predicted octanol–water partition coefficient (Wildman–Crippen LogP) is 2.41. The Morgan fingerprint density at radius 3 is 2.59 bits per heavy atom. The molecule has 0 saturated carbocycles. The summed E-state index contributed by atoms with van der Waals surface area (Å²) >= 11 is 0. The SMILES string of the molecule is CCc1c(C)cc(C)cc1NCCC(=O)NC. The molecule has 0 radical (unpaired) electrons. The number of anilines is 1. The Morgan fingerprint density at radius 2 is 2.00 bits per heavy atom. The van der Waals surface area contributed by atoms with Crippen LogP contribution in [0.25, 0.3) is 0 Å². The molecule has 0 saturated heterocycles. The number of benzene rings is 1. The Labute approximate surface area is 104 Å². The minimum Gasteiger partial charge on any atom is -0.384 e. The molecule has 0 fully saturated rings. The Bertz CT molecular complexity index is 399. The van der Waals surface area contributed by atoms with Crippen LogP contribution in [0.5, 0.6) is 0 Å². The summed E-state index contributed by atoms with van der Waals surface area (Å²) in [6, 6.07) is 4.35. The largest absolute Gasteiger partial charge is 0.384 e. The summed E-state index contributed by atoms with van der Waals surface area (Å²) in [7, 11) is 1.66. The standard InChI is InChI=1S/C14H22N2O/c1-5-12-11(3)8-10(2)9-13(12)16-7-6-14(17)15-4/h8-9,16H,5-7H2,1-4H3,(H,15,17). The highest BCUT2D eigenvalue weighted by atomic mass is 16.1. The van der Waals surface area contributed by atoms with E-state index in [1.807, 2.05) is 0 Å². The lowest BCUT2D eigenvalue weighted by Crippen LogP contribution is -2.21. The molecule has 0 heterocycles. The molecule has 17 heavy (non-hydrogen) atoms. The smallest absolute Gasteiger partial charge is 0.221 e. The van der Waals surface area contributed by atoms with Gasteiger partial charge < -0.3 is 10.6 Å². The van der Waals surface area contributed by atoms with Crippen molar-refractivity contribution in [3.63, 3.8) is 0 Å². The number of carbonyl (C=O) groups excluding carboxylic acids is 1. The van der Waals surface area contributed by atoms with Gasteiger partial charge in [-0.25, -0.2) is 0 Å². The zero-order valence-corrected chi connectivity index (χ0v) is 11.2. The van der Waals surface area contributed by atoms with Gasteiger partial charge in [0, 0.05) is 25.7 Å². The van der Waals surface area contributed by atoms with Crippen molar-refractivity contribution >= 4 is 11.6 Å². The van der Waals surface area contributed by atoms with E-state index in [0.29, 0.717) is 13.0 Å². The quantitative estimate of drug-likeness (QED) is 0.821. The monoisotopic (exact) mass is 234 g/mol. The number of aryl methyl sites for hydroxylation is 2. The van der Waals surface area contributed by atoms with Gasteiger partial charge in [0.15, 0.2) is 0 Å². The van der Waals surface area contributed by atoms with Gasteiger partial charge in [0.2, 0.25) is 5.91 Å². The summed E-state index contributed by atoms with van der Waals surface area (Å²) in [5.41, 5.74) is 5.07. The second-order valence-corrected chi connectivity index (χ2v) is 4.31. The summed E-state index contributed by atoms with van der Waals surface area (Å²) in [5.74, 6) is 0.0694. The van der Waals surface area contributed by atoms with Crippen LogP contribution in [-0.2, 0) is 11.2 Å². The lowest BCUT2D eigenvalue weighted by molar-refractivity contribution is -0.120. The molecule has 0 unspecified atom stereocenters. The number of rotatable bonds is 5. The van der Waals surface area contributed by atoms with Crippen molar-refractivity contribution in [3.8, 4) is 0 Å². The lowest BCUT2D eigenvalue weighted by Gasteiger charge is -2.14. The van der Waals surface area contributed by atoms with Crippen LogP contribution in [0.2, 0.25) is 0 Å². The summed E-state index contributed by atoms with van der Waals surface area (Å²) in [6.07, 6.45) is 1.51. The average Bonchev–Trinajstić information content (AvgIpc) is 2.28. The molecule has 0 aliphatic carbocycles. The minimum atomic E-state index is 0.0694. The highest BCUT2D eigenvalue weighted by Gasteiger charge is 2.05. The number of amides is 1. The highest BCUT2D eigenvalue weighted by Crippen LogP contribution is 2.22. The van der Waals surface area contributed by atoms with Crippen molar-refractivity contribution in [2.24, 2.45) is 0 Å². The fourth-order valence-electron chi connectivity index (χ4n) is 2.06. The Hall–Kier alpha value is -1.51. The molecule has 2 N–H and O–H groups in total. The van der Waals surface area contributed by atoms with Gasteiger partial charge >= 0.3 is 0 Å². The van der Waals surface area contributed by atoms with Crippen molar-refractivity contribution in [3.05, 3.63) is 28.8 Å². The van der Waals surface area contributed by atoms with Crippen molar-refractivity contribution in [2.75, 3.05) is 18.9 Å². The molecular weight excluding hydrogens is 212 g/mol. The van der Waals surface area contributed by atoms with Crippen molar-refractivity contribution in [1.29, 1.82) is 0 Å². The first-order valence-corrected chi connectivity index (χ1v) is 6.13. The molecule has 0 bridgehead atoms. The van der Waals surface area contributed by atoms with E-state index in [2.05, 4.69) is 43.5 Å². The van der Waals surface area contributed by atoms with Crippen LogP contribution in [0.1, 0.15) is 30.0 Å². The van der Waals surface area contributed by atoms with Crippen LogP contribution < -0.4 is 10.6 Å². The summed E-state index contributed by atoms with van der Waals surface area (Å²) in [5, 5.41) is 5.97. The van der Waals surface area contributed by atoms with E-state index < -0.39 is 0 Å². The maximum absolute atomic E-state index is 11.1. The number of nitrogens with one attached hydrogen (secondary N) is 2. The van der Waals surface area contributed by atoms with E-state index >= 15 is 0 Å². The maximum Gasteiger partial charge on any atom is 0.221 e. The third-order valence-electron chi connectivity index (χ3n) is 2.92. The second-order valence-electron chi connectivity index (χ2n) is 4.31. The van der Waals surface area contributed by atoms with Gasteiger partial charge in [-0.15, -0.1) is 0 Å². The first-order chi connectivity index (χ1) is 8.08. The van der Waals surface area contributed by atoms with Crippen LogP contribution in [0.15, 0.2) is 12.1 Å². The van der Waals surface area contributed by atoms with Crippen LogP contribution in [0, 0.1) is 13.8 Å². The van der Waals surface area contributed by atoms with E-state index in [1.54, 1.807) is 7.05 Å². The third kappa shape index (κ3) is 3.77. The van der Waals surface area contributed by atoms with E-state index in [1.165, 1.54) is 16.7 Å². The number of carbonyl (C=O) groups is 1. The normalized spacial score (nSPS) is 10.1. The minimum absolute atomic E-state index is 0.0694. The fourth-order valence-corrected chi connectivity index (χ4v) is 2.06. The third-order valence-corrected chi connectivity index (χ3v) is 2.92. The summed E-state index contributed by atoms with van der Waals surface area (Å²) in [4.78, 5) is 11.1. The summed E-state index contributed by atoms with van der Waals surface area (Å²) in [6.45, 7) is 7.06. The molecular formula is C14H22N2O. The van der Waals surface area contributed by atoms with E-state index in [9.17, 15) is 4.79 Å². The number of hydrogen-bond acceptors (Lipinski definition) is 2. The van der Waals surface area contributed by atoms with Crippen molar-refractivity contribution in [1.82, 2.24) is 5.32 Å². The van der Waals surface area contributed by atoms with E-state index in [-0.39, 0.29) is 5.91 Å². The molecule has 0 atom stereocenters. The van der Waals surface area contributed by atoms with Crippen LogP contribution in [0.4, 0.5) is 5.69 Å². The molecule has 0 aliphatic rings. The van der Waals surface area contributed by atoms with E-state index in [4.69, 9.17) is 0 Å². The molecule has 94 valence electrons. The summed E-state index contributed by atoms with van der Waals surface area (Å²) < 4.78 is 0. The molecule has 1 amide bonds. The molecule has 3 heteroatoms. The predicted molar refractivity (Wildman–Crippen MR) is 72.5 cm³/mol. The molecule has 3 nitrogen and oxygen atoms in total. The van der Waals surface area contributed by atoms with Crippen molar-refractivity contribution in [2.45, 2.75) is 33.6 Å². The van der Waals surface area contributed by atoms with Gasteiger partial charge in [-0.2, -0.15) is 0 Å². The van der Waals surface area contributed by atoms with Crippen molar-refractivity contribution < 1.29 is 4.79 Å². The first-order valence-electron chi connectivity index (χ1n) is 6.13. The Kier molecular flexibility index (Phi) is 5.01. The van der Waals surface area contributed by atoms with Gasteiger partial charge in [-0.1, -0.05) is 13.0 Å². The number of hydrogen-bond donors (Lipinski definition) is 2. The Balaban J connectivity index is 2.72. The molecule has 1 aromatic carbocycles. The van der Waals surface area contributed by atoms with Gasteiger partial charge in [0.05, 0.1) is 0 Å². The van der Waals surface area contributed by atoms with E-state index in [0.717, 1.165) is 12.1 Å². The Morgan fingerprint density at radius 1 is 1.29 bits per heavy atom. The molecule has 0 aliphatic heterocycles. The zero-order chi connectivity index (χ0) is 12.8. The van der Waals surface area contributed by atoms with Crippen LogP contribution >= 0.6 is 0 Å². The lowest BCUT2D eigenvalue weighted by atomic mass is 10.0. The fraction of sp³-hybridized carbons (Fsp3) is 0.500. The van der Waals surface area contributed by atoms with Gasteiger partial charge in [-0.05, 0) is 43.0 Å². The highest BCUT2D eigenvalue weighted by molar-refractivity contribution is 5.76.